The van der Waals surface area contributed by atoms with Crippen molar-refractivity contribution in [2.24, 2.45) is 7.05 Å². The van der Waals surface area contributed by atoms with Crippen molar-refractivity contribution in [1.82, 2.24) is 19.6 Å². The highest BCUT2D eigenvalue weighted by molar-refractivity contribution is 5.92. The van der Waals surface area contributed by atoms with Crippen molar-refractivity contribution in [1.29, 1.82) is 0 Å². The summed E-state index contributed by atoms with van der Waals surface area (Å²) >= 11 is 0. The molecular formula is C19H26N4O2. The molecule has 1 fully saturated rings. The number of aromatic nitrogens is 2. The molecule has 1 saturated heterocycles. The predicted molar refractivity (Wildman–Crippen MR) is 96.6 cm³/mol. The quantitative estimate of drug-likeness (QED) is 0.836. The number of carbonyl (C=O) groups excluding carboxylic acids is 1. The van der Waals surface area contributed by atoms with Crippen LogP contribution in [0.5, 0.6) is 5.75 Å². The van der Waals surface area contributed by atoms with Crippen molar-refractivity contribution < 1.29 is 9.53 Å². The Morgan fingerprint density at radius 2 is 2.08 bits per heavy atom. The second kappa shape index (κ2) is 7.70. The molecule has 0 bridgehead atoms. The molecule has 0 N–H and O–H groups in total. The van der Waals surface area contributed by atoms with Crippen molar-refractivity contribution in [3.8, 4) is 5.75 Å². The first-order valence-corrected chi connectivity index (χ1v) is 8.82. The van der Waals surface area contributed by atoms with Gasteiger partial charge >= 0.3 is 0 Å². The highest BCUT2D eigenvalue weighted by Gasteiger charge is 2.29. The summed E-state index contributed by atoms with van der Waals surface area (Å²) < 4.78 is 7.36. The van der Waals surface area contributed by atoms with Gasteiger partial charge in [0.2, 0.25) is 0 Å². The van der Waals surface area contributed by atoms with Crippen LogP contribution >= 0.6 is 0 Å². The predicted octanol–water partition coefficient (Wildman–Crippen LogP) is 2.17. The fourth-order valence-electron chi connectivity index (χ4n) is 3.38. The van der Waals surface area contributed by atoms with Crippen molar-refractivity contribution in [3.05, 3.63) is 47.8 Å². The molecule has 0 aliphatic carbocycles. The largest absolute Gasteiger partial charge is 0.494 e. The van der Waals surface area contributed by atoms with Crippen LogP contribution in [0.15, 0.2) is 36.5 Å². The maximum Gasteiger partial charge on any atom is 0.272 e. The molecule has 3 rings (SSSR count). The molecule has 1 atom stereocenters. The Morgan fingerprint density at radius 1 is 1.28 bits per heavy atom. The van der Waals surface area contributed by atoms with Crippen LogP contribution in [-0.2, 0) is 13.6 Å². The molecule has 134 valence electrons. The summed E-state index contributed by atoms with van der Waals surface area (Å²) in [5.74, 6) is 1.01. The third-order valence-corrected chi connectivity index (χ3v) is 4.68. The lowest BCUT2D eigenvalue weighted by atomic mass is 10.1. The van der Waals surface area contributed by atoms with Gasteiger partial charge in [0.25, 0.3) is 5.91 Å². The van der Waals surface area contributed by atoms with Gasteiger partial charge in [0.1, 0.15) is 11.4 Å². The van der Waals surface area contributed by atoms with Crippen molar-refractivity contribution in [2.75, 3.05) is 26.2 Å². The van der Waals surface area contributed by atoms with Gasteiger partial charge in [-0.2, -0.15) is 5.10 Å². The Labute approximate surface area is 149 Å². The van der Waals surface area contributed by atoms with Gasteiger partial charge < -0.3 is 9.64 Å². The zero-order chi connectivity index (χ0) is 17.8. The Bertz CT molecular complexity index is 728. The molecule has 2 aromatic rings. The fourth-order valence-corrected chi connectivity index (χ4v) is 3.38. The van der Waals surface area contributed by atoms with Gasteiger partial charge in [0, 0.05) is 51.0 Å². The molecule has 25 heavy (non-hydrogen) atoms. The first-order chi connectivity index (χ1) is 12.1. The van der Waals surface area contributed by atoms with Gasteiger partial charge in [-0.25, -0.2) is 0 Å². The van der Waals surface area contributed by atoms with E-state index in [1.54, 1.807) is 24.0 Å². The molecule has 1 aliphatic heterocycles. The van der Waals surface area contributed by atoms with Gasteiger partial charge in [-0.3, -0.25) is 14.4 Å². The third-order valence-electron chi connectivity index (χ3n) is 4.68. The zero-order valence-corrected chi connectivity index (χ0v) is 15.2. The number of benzene rings is 1. The van der Waals surface area contributed by atoms with E-state index in [1.807, 2.05) is 30.0 Å². The Hall–Kier alpha value is -2.34. The Kier molecular flexibility index (Phi) is 5.38. The summed E-state index contributed by atoms with van der Waals surface area (Å²) in [7, 11) is 1.80. The first-order valence-electron chi connectivity index (χ1n) is 8.82. The first kappa shape index (κ1) is 17.5. The SMILES string of the molecule is CCOc1ccccc1CN1CCN(C(=O)c2ccnn2C)C(C)C1. The number of hydrogen-bond donors (Lipinski definition) is 0. The minimum Gasteiger partial charge on any atom is -0.494 e. The summed E-state index contributed by atoms with van der Waals surface area (Å²) in [6.07, 6.45) is 1.67. The summed E-state index contributed by atoms with van der Waals surface area (Å²) in [4.78, 5) is 17.1. The fraction of sp³-hybridized carbons (Fsp3) is 0.474. The number of ether oxygens (including phenoxy) is 1. The van der Waals surface area contributed by atoms with Gasteiger partial charge in [0.15, 0.2) is 0 Å². The highest BCUT2D eigenvalue weighted by atomic mass is 16.5. The molecule has 1 aromatic carbocycles. The van der Waals surface area contributed by atoms with Gasteiger partial charge in [-0.15, -0.1) is 0 Å². The maximum absolute atomic E-state index is 12.7. The van der Waals surface area contributed by atoms with E-state index in [0.717, 1.165) is 31.9 Å². The van der Waals surface area contributed by atoms with Crippen LogP contribution in [0, 0.1) is 0 Å². The Balaban J connectivity index is 1.64. The number of amides is 1. The number of nitrogens with zero attached hydrogens (tertiary/aromatic N) is 4. The second-order valence-corrected chi connectivity index (χ2v) is 6.46. The second-order valence-electron chi connectivity index (χ2n) is 6.46. The third kappa shape index (κ3) is 3.85. The highest BCUT2D eigenvalue weighted by Crippen LogP contribution is 2.22. The standard InChI is InChI=1S/C19H26N4O2/c1-4-25-18-8-6-5-7-16(18)14-22-11-12-23(15(2)13-22)19(24)17-9-10-20-21(17)3/h5-10,15H,4,11-14H2,1-3H3. The normalized spacial score (nSPS) is 18.4. The van der Waals surface area contributed by atoms with Crippen molar-refractivity contribution in [2.45, 2.75) is 26.4 Å². The molecular weight excluding hydrogens is 316 g/mol. The van der Waals surface area contributed by atoms with E-state index in [1.165, 1.54) is 5.56 Å². The van der Waals surface area contributed by atoms with E-state index in [4.69, 9.17) is 4.74 Å². The van der Waals surface area contributed by atoms with Crippen LogP contribution < -0.4 is 4.74 Å². The van der Waals surface area contributed by atoms with Gasteiger partial charge in [-0.05, 0) is 26.0 Å². The number of carbonyl (C=O) groups is 1. The smallest absolute Gasteiger partial charge is 0.272 e. The average molecular weight is 342 g/mol. The van der Waals surface area contributed by atoms with Crippen LogP contribution in [0.2, 0.25) is 0 Å². The van der Waals surface area contributed by atoms with E-state index >= 15 is 0 Å². The lowest BCUT2D eigenvalue weighted by molar-refractivity contribution is 0.0463. The van der Waals surface area contributed by atoms with Crippen molar-refractivity contribution >= 4 is 5.91 Å². The molecule has 6 heteroatoms. The van der Waals surface area contributed by atoms with E-state index < -0.39 is 0 Å². The van der Waals surface area contributed by atoms with Crippen LogP contribution in [0.25, 0.3) is 0 Å². The summed E-state index contributed by atoms with van der Waals surface area (Å²) in [6, 6.07) is 10.1. The Morgan fingerprint density at radius 3 is 2.76 bits per heavy atom. The average Bonchev–Trinajstić information content (AvgIpc) is 3.02. The maximum atomic E-state index is 12.7. The van der Waals surface area contributed by atoms with E-state index in [-0.39, 0.29) is 11.9 Å². The minimum absolute atomic E-state index is 0.0573. The molecule has 1 unspecified atom stereocenters. The van der Waals surface area contributed by atoms with Gasteiger partial charge in [-0.1, -0.05) is 18.2 Å². The molecule has 0 radical (unpaired) electrons. The number of rotatable bonds is 5. The van der Waals surface area contributed by atoms with Gasteiger partial charge in [0.05, 0.1) is 6.61 Å². The monoisotopic (exact) mass is 342 g/mol. The summed E-state index contributed by atoms with van der Waals surface area (Å²) in [5, 5.41) is 4.10. The van der Waals surface area contributed by atoms with Crippen LogP contribution in [-0.4, -0.2) is 57.8 Å². The number of piperazine rings is 1. The lowest BCUT2D eigenvalue weighted by Crippen LogP contribution is -2.53. The molecule has 1 aliphatic rings. The molecule has 0 spiro atoms. The molecule has 6 nitrogen and oxygen atoms in total. The zero-order valence-electron chi connectivity index (χ0n) is 15.2. The molecule has 0 saturated carbocycles. The van der Waals surface area contributed by atoms with Crippen LogP contribution in [0.3, 0.4) is 0 Å². The topological polar surface area (TPSA) is 50.6 Å². The van der Waals surface area contributed by atoms with Crippen LogP contribution in [0.1, 0.15) is 29.9 Å². The lowest BCUT2D eigenvalue weighted by Gasteiger charge is -2.40. The van der Waals surface area contributed by atoms with E-state index in [2.05, 4.69) is 23.0 Å². The molecule has 1 amide bonds. The molecule has 2 heterocycles. The molecule has 1 aromatic heterocycles. The summed E-state index contributed by atoms with van der Waals surface area (Å²) in [6.45, 7) is 8.05. The summed E-state index contributed by atoms with van der Waals surface area (Å²) in [5.41, 5.74) is 1.84. The number of hydrogen-bond acceptors (Lipinski definition) is 4. The number of aryl methyl sites for hydroxylation is 1. The number of para-hydroxylation sites is 1. The van der Waals surface area contributed by atoms with Crippen molar-refractivity contribution in [3.63, 3.8) is 0 Å². The van der Waals surface area contributed by atoms with E-state index in [9.17, 15) is 4.79 Å². The minimum atomic E-state index is 0.0573. The van der Waals surface area contributed by atoms with Crippen LogP contribution in [0.4, 0.5) is 0 Å². The van der Waals surface area contributed by atoms with E-state index in [0.29, 0.717) is 12.3 Å².